The molecule has 5 nitrogen and oxygen atoms in total. The molecule has 98 valence electrons. The topological polar surface area (TPSA) is 119 Å². The van der Waals surface area contributed by atoms with Crippen molar-refractivity contribution in [1.82, 2.24) is 0 Å². The second kappa shape index (κ2) is 4.79. The van der Waals surface area contributed by atoms with Gasteiger partial charge in [-0.25, -0.2) is 0 Å². The molecule has 0 aliphatic heterocycles. The Kier molecular flexibility index (Phi) is 3.33. The highest BCUT2D eigenvalue weighted by molar-refractivity contribution is 6.07. The van der Waals surface area contributed by atoms with Crippen LogP contribution in [0.15, 0.2) is 48.6 Å². The molecule has 0 saturated carbocycles. The van der Waals surface area contributed by atoms with E-state index in [1.807, 2.05) is 0 Å². The van der Waals surface area contributed by atoms with E-state index in [-0.39, 0.29) is 11.6 Å². The summed E-state index contributed by atoms with van der Waals surface area (Å²) in [7, 11) is 0. The Morgan fingerprint density at radius 1 is 1.26 bits per heavy atom. The molecule has 1 aliphatic rings. The van der Waals surface area contributed by atoms with E-state index >= 15 is 0 Å². The maximum absolute atomic E-state index is 12.5. The van der Waals surface area contributed by atoms with Gasteiger partial charge in [-0.3, -0.25) is 10.2 Å². The molecule has 7 N–H and O–H groups in total. The molecule has 1 aliphatic carbocycles. The lowest BCUT2D eigenvalue weighted by Gasteiger charge is -2.31. The van der Waals surface area contributed by atoms with E-state index < -0.39 is 11.6 Å². The molecule has 0 fully saturated rings. The summed E-state index contributed by atoms with van der Waals surface area (Å²) >= 11 is 0. The van der Waals surface area contributed by atoms with E-state index in [0.717, 1.165) is 0 Å². The Morgan fingerprint density at radius 2 is 1.95 bits per heavy atom. The predicted molar refractivity (Wildman–Crippen MR) is 75.0 cm³/mol. The summed E-state index contributed by atoms with van der Waals surface area (Å²) < 4.78 is 0. The number of nitrogens with one attached hydrogen (secondary N) is 1. The minimum Gasteiger partial charge on any atom is -0.384 e. The first kappa shape index (κ1) is 13.2. The number of nitrogen functional groups attached to an aromatic ring is 1. The van der Waals surface area contributed by atoms with Gasteiger partial charge in [-0.2, -0.15) is 0 Å². The van der Waals surface area contributed by atoms with Gasteiger partial charge in [0.2, 0.25) is 0 Å². The number of nitrogens with two attached hydrogens (primary N) is 3. The van der Waals surface area contributed by atoms with Gasteiger partial charge in [-0.15, -0.1) is 0 Å². The molecular formula is C14H16N4O. The van der Waals surface area contributed by atoms with Gasteiger partial charge in [-0.05, 0) is 6.07 Å². The number of rotatable bonds is 3. The molecule has 1 aromatic carbocycles. The highest BCUT2D eigenvalue weighted by Crippen LogP contribution is 2.20. The summed E-state index contributed by atoms with van der Waals surface area (Å²) in [6.45, 7) is 0. The molecule has 19 heavy (non-hydrogen) atoms. The van der Waals surface area contributed by atoms with E-state index in [1.165, 1.54) is 0 Å². The third-order valence-corrected chi connectivity index (χ3v) is 3.18. The zero-order chi connectivity index (χ0) is 14.0. The van der Waals surface area contributed by atoms with Gasteiger partial charge in [0, 0.05) is 11.1 Å². The van der Waals surface area contributed by atoms with Crippen molar-refractivity contribution in [3.63, 3.8) is 0 Å². The summed E-state index contributed by atoms with van der Waals surface area (Å²) in [5.74, 6) is -0.382. The fraction of sp³-hybridized carbons (Fsp3) is 0.143. The Morgan fingerprint density at radius 3 is 2.58 bits per heavy atom. The Bertz CT molecular complexity index is 591. The molecule has 0 spiro atoms. The summed E-state index contributed by atoms with van der Waals surface area (Å²) in [5, 5.41) is 7.39. The molecule has 2 unspecified atom stereocenters. The number of benzene rings is 1. The molecule has 0 amide bonds. The quantitative estimate of drug-likeness (QED) is 0.353. The van der Waals surface area contributed by atoms with Gasteiger partial charge in [0.05, 0.1) is 6.04 Å². The molecule has 5 heteroatoms. The maximum Gasteiger partial charge on any atom is 0.188 e. The van der Waals surface area contributed by atoms with Crippen LogP contribution in [-0.2, 0) is 0 Å². The smallest absolute Gasteiger partial charge is 0.188 e. The van der Waals surface area contributed by atoms with Crippen LogP contribution >= 0.6 is 0 Å². The first-order valence-corrected chi connectivity index (χ1v) is 5.85. The molecular weight excluding hydrogens is 240 g/mol. The SMILES string of the molecule is N=C(N)c1cccc(C(=O)C2(N)C=CC=CC2N)c1. The van der Waals surface area contributed by atoms with Crippen molar-refractivity contribution < 1.29 is 4.79 Å². The monoisotopic (exact) mass is 256 g/mol. The van der Waals surface area contributed by atoms with Crippen LogP contribution in [0.4, 0.5) is 0 Å². The minimum absolute atomic E-state index is 0.0934. The van der Waals surface area contributed by atoms with Gasteiger partial charge >= 0.3 is 0 Å². The standard InChI is InChI=1S/C14H16N4O/c15-11-6-1-2-7-14(11,18)12(19)9-4-3-5-10(8-9)13(16)17/h1-8,11H,15,18H2,(H3,16,17). The van der Waals surface area contributed by atoms with Gasteiger partial charge in [0.15, 0.2) is 5.78 Å². The van der Waals surface area contributed by atoms with Crippen LogP contribution in [0, 0.1) is 5.41 Å². The second-order valence-electron chi connectivity index (χ2n) is 4.53. The third-order valence-electron chi connectivity index (χ3n) is 3.18. The van der Waals surface area contributed by atoms with Crippen LogP contribution in [0.25, 0.3) is 0 Å². The largest absolute Gasteiger partial charge is 0.384 e. The Balaban J connectivity index is 2.39. The number of amidine groups is 1. The van der Waals surface area contributed by atoms with Crippen molar-refractivity contribution in [2.24, 2.45) is 17.2 Å². The number of allylic oxidation sites excluding steroid dienone is 2. The fourth-order valence-electron chi connectivity index (χ4n) is 1.97. The van der Waals surface area contributed by atoms with E-state index in [9.17, 15) is 4.79 Å². The van der Waals surface area contributed by atoms with Gasteiger partial charge < -0.3 is 17.2 Å². The molecule has 0 bridgehead atoms. The number of hydrogen-bond donors (Lipinski definition) is 4. The zero-order valence-corrected chi connectivity index (χ0v) is 10.3. The van der Waals surface area contributed by atoms with Gasteiger partial charge in [-0.1, -0.05) is 42.5 Å². The van der Waals surface area contributed by atoms with E-state index in [4.69, 9.17) is 22.6 Å². The van der Waals surface area contributed by atoms with Crippen LogP contribution in [-0.4, -0.2) is 23.2 Å². The average molecular weight is 256 g/mol. The number of carbonyl (C=O) groups excluding carboxylic acids is 1. The van der Waals surface area contributed by atoms with Crippen LogP contribution in [0.3, 0.4) is 0 Å². The highest BCUT2D eigenvalue weighted by Gasteiger charge is 2.38. The third kappa shape index (κ3) is 2.33. The molecule has 0 aromatic heterocycles. The number of ketones is 1. The number of carbonyl (C=O) groups is 1. The lowest BCUT2D eigenvalue weighted by molar-refractivity contribution is 0.0911. The van der Waals surface area contributed by atoms with Gasteiger partial charge in [0.1, 0.15) is 11.4 Å². The van der Waals surface area contributed by atoms with Crippen LogP contribution < -0.4 is 17.2 Å². The van der Waals surface area contributed by atoms with E-state index in [1.54, 1.807) is 48.6 Å². The van der Waals surface area contributed by atoms with E-state index in [0.29, 0.717) is 11.1 Å². The van der Waals surface area contributed by atoms with Gasteiger partial charge in [0.25, 0.3) is 0 Å². The Hall–Kier alpha value is -2.24. The predicted octanol–water partition coefficient (Wildman–Crippen LogP) is 0.304. The average Bonchev–Trinajstić information content (AvgIpc) is 2.41. The normalized spacial score (nSPS) is 25.3. The maximum atomic E-state index is 12.5. The molecule has 2 atom stereocenters. The number of Topliss-reactive ketones (excluding diaryl/α,β-unsaturated/α-hetero) is 1. The van der Waals surface area contributed by atoms with Crippen molar-refractivity contribution in [1.29, 1.82) is 5.41 Å². The second-order valence-corrected chi connectivity index (χ2v) is 4.53. The van der Waals surface area contributed by atoms with Crippen LogP contribution in [0.5, 0.6) is 0 Å². The highest BCUT2D eigenvalue weighted by atomic mass is 16.1. The Labute approximate surface area is 111 Å². The summed E-state index contributed by atoms with van der Waals surface area (Å²) in [6, 6.07) is 5.95. The van der Waals surface area contributed by atoms with Crippen molar-refractivity contribution in [2.75, 3.05) is 0 Å². The van der Waals surface area contributed by atoms with Crippen molar-refractivity contribution in [3.8, 4) is 0 Å². The zero-order valence-electron chi connectivity index (χ0n) is 10.3. The fourth-order valence-corrected chi connectivity index (χ4v) is 1.97. The molecule has 2 rings (SSSR count). The summed E-state index contributed by atoms with van der Waals surface area (Å²) in [6.07, 6.45) is 6.75. The lowest BCUT2D eigenvalue weighted by atomic mass is 9.81. The first-order valence-electron chi connectivity index (χ1n) is 5.85. The van der Waals surface area contributed by atoms with Crippen molar-refractivity contribution in [3.05, 3.63) is 59.7 Å². The summed E-state index contributed by atoms with van der Waals surface area (Å²) in [4.78, 5) is 12.5. The minimum atomic E-state index is -1.26. The van der Waals surface area contributed by atoms with Crippen LogP contribution in [0.1, 0.15) is 15.9 Å². The molecule has 0 heterocycles. The van der Waals surface area contributed by atoms with E-state index in [2.05, 4.69) is 0 Å². The van der Waals surface area contributed by atoms with Crippen LogP contribution in [0.2, 0.25) is 0 Å². The van der Waals surface area contributed by atoms with Crippen molar-refractivity contribution in [2.45, 2.75) is 11.6 Å². The first-order chi connectivity index (χ1) is 8.95. The molecule has 0 radical (unpaired) electrons. The molecule has 0 saturated heterocycles. The number of hydrogen-bond acceptors (Lipinski definition) is 4. The lowest BCUT2D eigenvalue weighted by Crippen LogP contribution is -2.59. The van der Waals surface area contributed by atoms with Crippen molar-refractivity contribution >= 4 is 11.6 Å². The molecule has 1 aromatic rings. The summed E-state index contributed by atoms with van der Waals surface area (Å²) in [5.41, 5.74) is 17.0.